The molecular weight excluding hydrogens is 388 g/mol. The number of hydrogen-bond donors (Lipinski definition) is 0. The Balaban J connectivity index is 1.80. The van der Waals surface area contributed by atoms with Crippen molar-refractivity contribution in [3.05, 3.63) is 81.2 Å². The van der Waals surface area contributed by atoms with Crippen LogP contribution in [0.15, 0.2) is 71.4 Å². The van der Waals surface area contributed by atoms with Crippen LogP contribution in [-0.2, 0) is 0 Å². The summed E-state index contributed by atoms with van der Waals surface area (Å²) in [4.78, 5) is 14.9. The lowest BCUT2D eigenvalue weighted by molar-refractivity contribution is 0.104. The average Bonchev–Trinajstić information content (AvgIpc) is 3.43. The highest BCUT2D eigenvalue weighted by atomic mass is 32.1. The maximum absolute atomic E-state index is 13.5. The molecule has 0 aliphatic carbocycles. The minimum absolute atomic E-state index is 0.0202. The summed E-state index contributed by atoms with van der Waals surface area (Å²) in [7, 11) is 3.29. The van der Waals surface area contributed by atoms with Gasteiger partial charge >= 0.3 is 0 Å². The smallest absolute Gasteiger partial charge is 0.214 e. The lowest BCUT2D eigenvalue weighted by Crippen LogP contribution is -2.01. The van der Waals surface area contributed by atoms with E-state index in [-0.39, 0.29) is 5.78 Å². The SMILES string of the molecule is COc1ccccc1-c1ccsc1C(=O)c1sccc1-c1ccccc1OC. The second-order valence-corrected chi connectivity index (χ2v) is 7.89. The van der Waals surface area contributed by atoms with Crippen LogP contribution in [0.4, 0.5) is 0 Å². The molecule has 0 spiro atoms. The first-order valence-electron chi connectivity index (χ1n) is 8.71. The van der Waals surface area contributed by atoms with E-state index in [2.05, 4.69) is 0 Å². The topological polar surface area (TPSA) is 35.5 Å². The minimum Gasteiger partial charge on any atom is -0.496 e. The highest BCUT2D eigenvalue weighted by molar-refractivity contribution is 7.16. The Morgan fingerprint density at radius 3 is 1.50 bits per heavy atom. The molecule has 0 aliphatic rings. The summed E-state index contributed by atoms with van der Waals surface area (Å²) < 4.78 is 11.0. The van der Waals surface area contributed by atoms with E-state index in [0.29, 0.717) is 9.75 Å². The molecule has 2 aromatic carbocycles. The zero-order chi connectivity index (χ0) is 19.5. The van der Waals surface area contributed by atoms with Crippen molar-refractivity contribution in [1.82, 2.24) is 0 Å². The molecule has 0 N–H and O–H groups in total. The molecular formula is C23H18O3S2. The minimum atomic E-state index is 0.0202. The third-order valence-electron chi connectivity index (χ3n) is 4.54. The number of para-hydroxylation sites is 2. The zero-order valence-corrected chi connectivity index (χ0v) is 17.1. The molecule has 0 fully saturated rings. The fourth-order valence-corrected chi connectivity index (χ4v) is 5.00. The fraction of sp³-hybridized carbons (Fsp3) is 0.0870. The van der Waals surface area contributed by atoms with Crippen molar-refractivity contribution in [2.75, 3.05) is 14.2 Å². The maximum atomic E-state index is 13.5. The van der Waals surface area contributed by atoms with Gasteiger partial charge in [0.05, 0.1) is 24.0 Å². The predicted molar refractivity (Wildman–Crippen MR) is 116 cm³/mol. The molecule has 140 valence electrons. The standard InChI is InChI=1S/C23H18O3S2/c1-25-19-9-5-3-7-15(19)17-11-13-27-22(17)21(24)23-18(12-14-28-23)16-8-4-6-10-20(16)26-2/h3-14H,1-2H3. The first-order chi connectivity index (χ1) is 13.7. The van der Waals surface area contributed by atoms with Gasteiger partial charge in [-0.15, -0.1) is 22.7 Å². The molecule has 0 bridgehead atoms. The first-order valence-corrected chi connectivity index (χ1v) is 10.5. The number of ketones is 1. The van der Waals surface area contributed by atoms with E-state index >= 15 is 0 Å². The lowest BCUT2D eigenvalue weighted by atomic mass is 10.00. The second kappa shape index (κ2) is 8.00. The Labute approximate surface area is 171 Å². The summed E-state index contributed by atoms with van der Waals surface area (Å²) >= 11 is 2.91. The van der Waals surface area contributed by atoms with Crippen LogP contribution in [0.2, 0.25) is 0 Å². The number of carbonyl (C=O) groups excluding carboxylic acids is 1. The zero-order valence-electron chi connectivity index (χ0n) is 15.5. The highest BCUT2D eigenvalue weighted by Crippen LogP contribution is 2.40. The van der Waals surface area contributed by atoms with Gasteiger partial charge in [-0.1, -0.05) is 36.4 Å². The number of ether oxygens (including phenoxy) is 2. The van der Waals surface area contributed by atoms with Crippen LogP contribution in [-0.4, -0.2) is 20.0 Å². The highest BCUT2D eigenvalue weighted by Gasteiger charge is 2.23. The number of methoxy groups -OCH3 is 2. The van der Waals surface area contributed by atoms with Gasteiger partial charge in [0, 0.05) is 22.3 Å². The lowest BCUT2D eigenvalue weighted by Gasteiger charge is -2.10. The van der Waals surface area contributed by atoms with Crippen LogP contribution in [0.1, 0.15) is 14.5 Å². The third kappa shape index (κ3) is 3.23. The van der Waals surface area contributed by atoms with Crippen LogP contribution in [0.3, 0.4) is 0 Å². The molecule has 0 atom stereocenters. The van der Waals surface area contributed by atoms with Gasteiger partial charge < -0.3 is 9.47 Å². The van der Waals surface area contributed by atoms with Gasteiger partial charge in [-0.25, -0.2) is 0 Å². The molecule has 4 aromatic rings. The van der Waals surface area contributed by atoms with Crippen molar-refractivity contribution in [2.45, 2.75) is 0 Å². The molecule has 5 heteroatoms. The summed E-state index contributed by atoms with van der Waals surface area (Å²) in [5.74, 6) is 1.53. The number of thiophene rings is 2. The summed E-state index contributed by atoms with van der Waals surface area (Å²) in [6.07, 6.45) is 0. The second-order valence-electron chi connectivity index (χ2n) is 6.06. The van der Waals surface area contributed by atoms with Gasteiger partial charge in [-0.3, -0.25) is 4.79 Å². The van der Waals surface area contributed by atoms with E-state index in [9.17, 15) is 4.79 Å². The number of carbonyl (C=O) groups is 1. The Kier molecular flexibility index (Phi) is 5.28. The molecule has 2 heterocycles. The maximum Gasteiger partial charge on any atom is 0.214 e. The van der Waals surface area contributed by atoms with Gasteiger partial charge in [0.2, 0.25) is 5.78 Å². The Hall–Kier alpha value is -2.89. The van der Waals surface area contributed by atoms with Crippen molar-refractivity contribution in [2.24, 2.45) is 0 Å². The molecule has 28 heavy (non-hydrogen) atoms. The summed E-state index contributed by atoms with van der Waals surface area (Å²) in [6.45, 7) is 0. The molecule has 0 amide bonds. The fourth-order valence-electron chi connectivity index (χ4n) is 3.23. The summed E-state index contributed by atoms with van der Waals surface area (Å²) in [6, 6.07) is 19.5. The number of benzene rings is 2. The van der Waals surface area contributed by atoms with Crippen LogP contribution >= 0.6 is 22.7 Å². The molecule has 0 unspecified atom stereocenters. The van der Waals surface area contributed by atoms with Gasteiger partial charge in [0.15, 0.2) is 0 Å². The molecule has 3 nitrogen and oxygen atoms in total. The van der Waals surface area contributed by atoms with Crippen molar-refractivity contribution in [3.8, 4) is 33.8 Å². The van der Waals surface area contributed by atoms with Crippen LogP contribution in [0.5, 0.6) is 11.5 Å². The van der Waals surface area contributed by atoms with E-state index in [1.165, 1.54) is 22.7 Å². The van der Waals surface area contributed by atoms with E-state index in [1.807, 2.05) is 71.4 Å². The normalized spacial score (nSPS) is 10.6. The van der Waals surface area contributed by atoms with Crippen molar-refractivity contribution < 1.29 is 14.3 Å². The van der Waals surface area contributed by atoms with Crippen molar-refractivity contribution in [3.63, 3.8) is 0 Å². The molecule has 0 radical (unpaired) electrons. The van der Waals surface area contributed by atoms with Crippen molar-refractivity contribution >= 4 is 28.5 Å². The molecule has 0 saturated carbocycles. The molecule has 2 aromatic heterocycles. The Morgan fingerprint density at radius 1 is 0.643 bits per heavy atom. The predicted octanol–water partition coefficient (Wildman–Crippen LogP) is 6.39. The molecule has 0 aliphatic heterocycles. The summed E-state index contributed by atoms with van der Waals surface area (Å²) in [5.41, 5.74) is 3.63. The van der Waals surface area contributed by atoms with Crippen LogP contribution in [0.25, 0.3) is 22.3 Å². The van der Waals surface area contributed by atoms with E-state index in [1.54, 1.807) is 14.2 Å². The first kappa shape index (κ1) is 18.5. The monoisotopic (exact) mass is 406 g/mol. The van der Waals surface area contributed by atoms with Gasteiger partial charge in [-0.05, 0) is 35.0 Å². The largest absolute Gasteiger partial charge is 0.496 e. The van der Waals surface area contributed by atoms with Crippen LogP contribution in [0, 0.1) is 0 Å². The molecule has 4 rings (SSSR count). The van der Waals surface area contributed by atoms with Gasteiger partial charge in [-0.2, -0.15) is 0 Å². The van der Waals surface area contributed by atoms with E-state index in [4.69, 9.17) is 9.47 Å². The Morgan fingerprint density at radius 2 is 1.07 bits per heavy atom. The number of rotatable bonds is 6. The van der Waals surface area contributed by atoms with Gasteiger partial charge in [0.25, 0.3) is 0 Å². The van der Waals surface area contributed by atoms with Gasteiger partial charge in [0.1, 0.15) is 11.5 Å². The number of hydrogen-bond acceptors (Lipinski definition) is 5. The Bertz CT molecular complexity index is 1040. The van der Waals surface area contributed by atoms with E-state index < -0.39 is 0 Å². The quantitative estimate of drug-likeness (QED) is 0.348. The molecule has 0 saturated heterocycles. The van der Waals surface area contributed by atoms with Crippen LogP contribution < -0.4 is 9.47 Å². The van der Waals surface area contributed by atoms with E-state index in [0.717, 1.165) is 33.8 Å². The summed E-state index contributed by atoms with van der Waals surface area (Å²) in [5, 5.41) is 3.90. The van der Waals surface area contributed by atoms with Crippen molar-refractivity contribution in [1.29, 1.82) is 0 Å². The average molecular weight is 407 g/mol. The third-order valence-corrected chi connectivity index (χ3v) is 6.36.